The summed E-state index contributed by atoms with van der Waals surface area (Å²) < 4.78 is 39.9. The molecule has 1 aromatic carbocycles. The van der Waals surface area contributed by atoms with Crippen LogP contribution in [0.1, 0.15) is 13.8 Å². The number of hydrogen-bond acceptors (Lipinski definition) is 3. The zero-order valence-corrected chi connectivity index (χ0v) is 12.6. The molecule has 9 heteroatoms. The highest BCUT2D eigenvalue weighted by atomic mass is 32.1. The largest absolute Gasteiger partial charge is 0.573 e. The van der Waals surface area contributed by atoms with Crippen LogP contribution < -0.4 is 15.4 Å². The van der Waals surface area contributed by atoms with Gasteiger partial charge in [0.1, 0.15) is 5.75 Å². The number of ether oxygens (including phenoxy) is 1. The number of amides is 2. The number of thiocarbonyl (C=S) groups is 1. The predicted octanol–water partition coefficient (Wildman–Crippen LogP) is 3.09. The van der Waals surface area contributed by atoms with Crippen LogP contribution in [0.3, 0.4) is 0 Å². The van der Waals surface area contributed by atoms with Crippen LogP contribution >= 0.6 is 12.2 Å². The number of carbonyl (C=O) groups excluding carboxylic acids is 1. The van der Waals surface area contributed by atoms with Gasteiger partial charge in [-0.25, -0.2) is 4.79 Å². The van der Waals surface area contributed by atoms with Crippen molar-refractivity contribution in [3.8, 4) is 5.75 Å². The van der Waals surface area contributed by atoms with Crippen LogP contribution in [-0.4, -0.2) is 34.5 Å². The summed E-state index contributed by atoms with van der Waals surface area (Å²) in [4.78, 5) is 13.5. The minimum absolute atomic E-state index is 0.305. The lowest BCUT2D eigenvalue weighted by Crippen LogP contribution is -2.37. The standard InChI is InChI=1S/C13H14F3N3O2S/c1-12(2)7-19(11(22)18-12)10(20)17-8-3-5-9(6-4-8)21-13(14,15)16/h3-6H,7H2,1-2H3,(H,17,20)(H,18,22). The molecule has 0 atom stereocenters. The smallest absolute Gasteiger partial charge is 0.406 e. The third-order valence-corrected chi connectivity index (χ3v) is 3.15. The molecule has 5 nitrogen and oxygen atoms in total. The number of halogens is 3. The van der Waals surface area contributed by atoms with Gasteiger partial charge in [-0.2, -0.15) is 0 Å². The summed E-state index contributed by atoms with van der Waals surface area (Å²) in [6.07, 6.45) is -4.75. The van der Waals surface area contributed by atoms with Gasteiger partial charge in [0, 0.05) is 5.69 Å². The molecule has 120 valence electrons. The molecule has 1 aliphatic rings. The summed E-state index contributed by atoms with van der Waals surface area (Å²) in [5, 5.41) is 5.87. The molecule has 2 N–H and O–H groups in total. The minimum atomic E-state index is -4.75. The van der Waals surface area contributed by atoms with Gasteiger partial charge in [0.05, 0.1) is 12.1 Å². The number of urea groups is 1. The zero-order chi connectivity index (χ0) is 16.5. The van der Waals surface area contributed by atoms with E-state index in [-0.39, 0.29) is 11.3 Å². The summed E-state index contributed by atoms with van der Waals surface area (Å²) in [5.41, 5.74) is 0.0192. The first-order valence-corrected chi connectivity index (χ1v) is 6.73. The number of nitrogens with zero attached hydrogens (tertiary/aromatic N) is 1. The molecule has 1 saturated heterocycles. The molecule has 2 amide bonds. The summed E-state index contributed by atoms with van der Waals surface area (Å²) in [5.74, 6) is -0.356. The number of rotatable bonds is 2. The van der Waals surface area contributed by atoms with E-state index in [0.29, 0.717) is 17.3 Å². The van der Waals surface area contributed by atoms with Crippen molar-refractivity contribution in [2.45, 2.75) is 25.7 Å². The lowest BCUT2D eigenvalue weighted by Gasteiger charge is -2.18. The van der Waals surface area contributed by atoms with Crippen molar-refractivity contribution in [2.24, 2.45) is 0 Å². The molecule has 0 saturated carbocycles. The first-order chi connectivity index (χ1) is 10.1. The van der Waals surface area contributed by atoms with Crippen LogP contribution in [0.2, 0.25) is 0 Å². The van der Waals surface area contributed by atoms with Crippen molar-refractivity contribution in [3.05, 3.63) is 24.3 Å². The quantitative estimate of drug-likeness (QED) is 0.817. The minimum Gasteiger partial charge on any atom is -0.406 e. The second-order valence-electron chi connectivity index (χ2n) is 5.40. The fourth-order valence-electron chi connectivity index (χ4n) is 1.96. The van der Waals surface area contributed by atoms with Gasteiger partial charge in [-0.05, 0) is 50.3 Å². The van der Waals surface area contributed by atoms with E-state index >= 15 is 0 Å². The third-order valence-electron chi connectivity index (χ3n) is 2.83. The van der Waals surface area contributed by atoms with Crippen molar-refractivity contribution in [3.63, 3.8) is 0 Å². The van der Waals surface area contributed by atoms with Gasteiger partial charge in [-0.15, -0.1) is 13.2 Å². The molecule has 22 heavy (non-hydrogen) atoms. The average Bonchev–Trinajstić information content (AvgIpc) is 2.63. The summed E-state index contributed by atoms with van der Waals surface area (Å²) in [6, 6.07) is 4.42. The Kier molecular flexibility index (Phi) is 4.19. The molecular weight excluding hydrogens is 319 g/mol. The fourth-order valence-corrected chi connectivity index (χ4v) is 2.38. The monoisotopic (exact) mass is 333 g/mol. The van der Waals surface area contributed by atoms with E-state index in [1.807, 2.05) is 13.8 Å². The van der Waals surface area contributed by atoms with Crippen molar-refractivity contribution in [1.29, 1.82) is 0 Å². The molecule has 0 aliphatic carbocycles. The molecule has 2 rings (SSSR count). The molecule has 0 unspecified atom stereocenters. The Balaban J connectivity index is 1.99. The topological polar surface area (TPSA) is 53.6 Å². The Morgan fingerprint density at radius 2 is 1.95 bits per heavy atom. The van der Waals surface area contributed by atoms with Crippen molar-refractivity contribution in [1.82, 2.24) is 10.2 Å². The van der Waals surface area contributed by atoms with Gasteiger partial charge < -0.3 is 15.4 Å². The molecule has 1 aliphatic heterocycles. The second kappa shape index (κ2) is 5.64. The summed E-state index contributed by atoms with van der Waals surface area (Å²) >= 11 is 5.07. The van der Waals surface area contributed by atoms with Gasteiger partial charge in [-0.3, -0.25) is 4.90 Å². The highest BCUT2D eigenvalue weighted by Gasteiger charge is 2.36. The van der Waals surface area contributed by atoms with Crippen LogP contribution in [-0.2, 0) is 0 Å². The number of benzene rings is 1. The van der Waals surface area contributed by atoms with Gasteiger partial charge >= 0.3 is 12.4 Å². The third kappa shape index (κ3) is 4.23. The van der Waals surface area contributed by atoms with Crippen molar-refractivity contribution < 1.29 is 22.7 Å². The van der Waals surface area contributed by atoms with Crippen molar-refractivity contribution in [2.75, 3.05) is 11.9 Å². The molecule has 0 bridgehead atoms. The number of hydrogen-bond donors (Lipinski definition) is 2. The van der Waals surface area contributed by atoms with E-state index in [0.717, 1.165) is 12.1 Å². The van der Waals surface area contributed by atoms with E-state index in [4.69, 9.17) is 12.2 Å². The Morgan fingerprint density at radius 3 is 2.41 bits per heavy atom. The molecule has 0 radical (unpaired) electrons. The number of anilines is 1. The Labute approximate surface area is 130 Å². The molecular formula is C13H14F3N3O2S. The predicted molar refractivity (Wildman–Crippen MR) is 78.7 cm³/mol. The maximum absolute atomic E-state index is 12.1. The number of carbonyl (C=O) groups is 1. The van der Waals surface area contributed by atoms with Gasteiger partial charge in [0.25, 0.3) is 0 Å². The SMILES string of the molecule is CC1(C)CN(C(=O)Nc2ccc(OC(F)(F)F)cc2)C(=S)N1. The Bertz CT molecular complexity index is 587. The summed E-state index contributed by atoms with van der Waals surface area (Å²) in [6.45, 7) is 4.19. The van der Waals surface area contributed by atoms with E-state index < -0.39 is 12.4 Å². The van der Waals surface area contributed by atoms with Crippen LogP contribution in [0.25, 0.3) is 0 Å². The Morgan fingerprint density at radius 1 is 1.36 bits per heavy atom. The highest BCUT2D eigenvalue weighted by molar-refractivity contribution is 7.80. The first kappa shape index (κ1) is 16.3. The fraction of sp³-hybridized carbons (Fsp3) is 0.385. The first-order valence-electron chi connectivity index (χ1n) is 6.32. The van der Waals surface area contributed by atoms with Crippen LogP contribution in [0.4, 0.5) is 23.7 Å². The van der Waals surface area contributed by atoms with Gasteiger partial charge in [0.2, 0.25) is 0 Å². The number of alkyl halides is 3. The van der Waals surface area contributed by atoms with Crippen LogP contribution in [0.5, 0.6) is 5.75 Å². The lowest BCUT2D eigenvalue weighted by molar-refractivity contribution is -0.274. The van der Waals surface area contributed by atoms with Gasteiger partial charge in [0.15, 0.2) is 5.11 Å². The molecule has 0 spiro atoms. The second-order valence-corrected chi connectivity index (χ2v) is 5.79. The summed E-state index contributed by atoms with van der Waals surface area (Å²) in [7, 11) is 0. The van der Waals surface area contributed by atoms with Gasteiger partial charge in [-0.1, -0.05) is 0 Å². The van der Waals surface area contributed by atoms with E-state index in [1.54, 1.807) is 0 Å². The molecule has 0 aromatic heterocycles. The highest BCUT2D eigenvalue weighted by Crippen LogP contribution is 2.24. The van der Waals surface area contributed by atoms with Crippen LogP contribution in [0.15, 0.2) is 24.3 Å². The average molecular weight is 333 g/mol. The van der Waals surface area contributed by atoms with E-state index in [9.17, 15) is 18.0 Å². The Hall–Kier alpha value is -2.03. The number of nitrogens with one attached hydrogen (secondary N) is 2. The zero-order valence-electron chi connectivity index (χ0n) is 11.8. The normalized spacial score (nSPS) is 17.1. The maximum Gasteiger partial charge on any atom is 0.573 e. The molecule has 1 aromatic rings. The van der Waals surface area contributed by atoms with Crippen LogP contribution in [0, 0.1) is 0 Å². The van der Waals surface area contributed by atoms with Crippen molar-refractivity contribution >= 4 is 29.0 Å². The molecule has 1 heterocycles. The van der Waals surface area contributed by atoms with E-state index in [2.05, 4.69) is 15.4 Å². The van der Waals surface area contributed by atoms with E-state index in [1.165, 1.54) is 17.0 Å². The lowest BCUT2D eigenvalue weighted by atomic mass is 10.1. The maximum atomic E-state index is 12.1. The molecule has 1 fully saturated rings.